The van der Waals surface area contributed by atoms with E-state index in [9.17, 15) is 0 Å². The van der Waals surface area contributed by atoms with Crippen molar-refractivity contribution >= 4 is 0 Å². The van der Waals surface area contributed by atoms with E-state index in [-0.39, 0.29) is 0 Å². The molecule has 0 aromatic rings. The molecule has 0 saturated carbocycles. The predicted molar refractivity (Wildman–Crippen MR) is 46.0 cm³/mol. The molecule has 0 N–H and O–H groups in total. The van der Waals surface area contributed by atoms with E-state index >= 15 is 0 Å². The summed E-state index contributed by atoms with van der Waals surface area (Å²) in [5.41, 5.74) is 3.26. The lowest BCUT2D eigenvalue weighted by molar-refractivity contribution is 1.15. The highest BCUT2D eigenvalue weighted by Gasteiger charge is 2.00. The molecule has 0 heterocycles. The minimum atomic E-state index is 1.28. The largest absolute Gasteiger partial charge is 0.0810 e. The molecule has 0 aromatic heterocycles. The average molecular weight is 136 g/mol. The van der Waals surface area contributed by atoms with Crippen molar-refractivity contribution in [3.8, 4) is 0 Å². The standard InChI is InChI=1S/2C5H8/c2*1-2-5-3-4-5/h2*3H,2,4H2,1H3. The van der Waals surface area contributed by atoms with E-state index in [0.717, 1.165) is 0 Å². The van der Waals surface area contributed by atoms with Crippen LogP contribution in [0.3, 0.4) is 0 Å². The summed E-state index contributed by atoms with van der Waals surface area (Å²) in [6.07, 6.45) is 9.69. The highest BCUT2D eigenvalue weighted by molar-refractivity contribution is 5.20. The van der Waals surface area contributed by atoms with Crippen molar-refractivity contribution in [1.82, 2.24) is 0 Å². The summed E-state index contributed by atoms with van der Waals surface area (Å²) in [5, 5.41) is 0. The van der Waals surface area contributed by atoms with Gasteiger partial charge in [0.05, 0.1) is 0 Å². The third-order valence-corrected chi connectivity index (χ3v) is 1.89. The summed E-state index contributed by atoms with van der Waals surface area (Å²) in [5.74, 6) is 0. The highest BCUT2D eigenvalue weighted by atomic mass is 14.1. The Balaban J connectivity index is 0.0000001000. The van der Waals surface area contributed by atoms with E-state index in [1.54, 1.807) is 11.1 Å². The van der Waals surface area contributed by atoms with Crippen molar-refractivity contribution in [2.45, 2.75) is 39.5 Å². The van der Waals surface area contributed by atoms with Crippen LogP contribution in [0.15, 0.2) is 23.3 Å². The lowest BCUT2D eigenvalue weighted by atomic mass is 10.4. The second kappa shape index (κ2) is 3.60. The minimum Gasteiger partial charge on any atom is -0.0810 e. The Hall–Kier alpha value is -0.520. The summed E-state index contributed by atoms with van der Waals surface area (Å²) < 4.78 is 0. The van der Waals surface area contributed by atoms with Gasteiger partial charge in [0.1, 0.15) is 0 Å². The predicted octanol–water partition coefficient (Wildman–Crippen LogP) is 3.45. The van der Waals surface area contributed by atoms with E-state index < -0.39 is 0 Å². The number of hydrogen-bond donors (Lipinski definition) is 0. The number of rotatable bonds is 2. The molecule has 0 unspecified atom stereocenters. The maximum Gasteiger partial charge on any atom is -0.0136 e. The molecule has 0 aliphatic heterocycles. The van der Waals surface area contributed by atoms with E-state index in [2.05, 4.69) is 26.0 Å². The Labute approximate surface area is 63.6 Å². The summed E-state index contributed by atoms with van der Waals surface area (Å²) in [6, 6.07) is 0. The Morgan fingerprint density at radius 2 is 1.30 bits per heavy atom. The second-order valence-electron chi connectivity index (χ2n) is 2.84. The molecule has 0 atom stereocenters. The molecular weight excluding hydrogens is 120 g/mol. The van der Waals surface area contributed by atoms with Crippen LogP contribution in [0.4, 0.5) is 0 Å². The van der Waals surface area contributed by atoms with Gasteiger partial charge in [0.2, 0.25) is 0 Å². The van der Waals surface area contributed by atoms with Gasteiger partial charge in [-0.2, -0.15) is 0 Å². The van der Waals surface area contributed by atoms with Gasteiger partial charge in [-0.15, -0.1) is 0 Å². The molecule has 2 aliphatic carbocycles. The smallest absolute Gasteiger partial charge is 0.0136 e. The van der Waals surface area contributed by atoms with Crippen LogP contribution in [0, 0.1) is 0 Å². The van der Waals surface area contributed by atoms with Gasteiger partial charge >= 0.3 is 0 Å². The van der Waals surface area contributed by atoms with E-state index in [0.29, 0.717) is 0 Å². The Morgan fingerprint density at radius 3 is 1.30 bits per heavy atom. The zero-order valence-electron chi connectivity index (χ0n) is 6.98. The van der Waals surface area contributed by atoms with E-state index in [4.69, 9.17) is 0 Å². The second-order valence-corrected chi connectivity index (χ2v) is 2.84. The van der Waals surface area contributed by atoms with Gasteiger partial charge in [-0.05, 0) is 25.7 Å². The maximum absolute atomic E-state index is 2.26. The first-order chi connectivity index (χ1) is 4.86. The van der Waals surface area contributed by atoms with Crippen LogP contribution in [0.25, 0.3) is 0 Å². The van der Waals surface area contributed by atoms with Gasteiger partial charge < -0.3 is 0 Å². The first-order valence-electron chi connectivity index (χ1n) is 4.22. The Kier molecular flexibility index (Phi) is 2.73. The van der Waals surface area contributed by atoms with E-state index in [1.165, 1.54) is 25.7 Å². The topological polar surface area (TPSA) is 0 Å². The lowest BCUT2D eigenvalue weighted by Crippen LogP contribution is -1.47. The first-order valence-corrected chi connectivity index (χ1v) is 4.22. The van der Waals surface area contributed by atoms with Crippen molar-refractivity contribution < 1.29 is 0 Å². The van der Waals surface area contributed by atoms with Gasteiger partial charge in [-0.1, -0.05) is 37.1 Å². The fourth-order valence-electron chi connectivity index (χ4n) is 0.722. The van der Waals surface area contributed by atoms with Crippen LogP contribution in [0.1, 0.15) is 39.5 Å². The first kappa shape index (κ1) is 7.59. The summed E-state index contributed by atoms with van der Waals surface area (Å²) >= 11 is 0. The number of hydrogen-bond acceptors (Lipinski definition) is 0. The van der Waals surface area contributed by atoms with Crippen LogP contribution in [-0.4, -0.2) is 0 Å². The van der Waals surface area contributed by atoms with Gasteiger partial charge in [0.15, 0.2) is 0 Å². The van der Waals surface area contributed by atoms with Crippen molar-refractivity contribution in [2.24, 2.45) is 0 Å². The summed E-state index contributed by atoms with van der Waals surface area (Å²) in [7, 11) is 0. The zero-order chi connectivity index (χ0) is 7.40. The molecular formula is C10H16. The van der Waals surface area contributed by atoms with Crippen LogP contribution < -0.4 is 0 Å². The fourth-order valence-corrected chi connectivity index (χ4v) is 0.722. The van der Waals surface area contributed by atoms with Gasteiger partial charge in [0, 0.05) is 0 Å². The normalized spacial score (nSPS) is 18.2. The molecule has 2 aliphatic rings. The van der Waals surface area contributed by atoms with Crippen molar-refractivity contribution in [3.63, 3.8) is 0 Å². The van der Waals surface area contributed by atoms with Crippen molar-refractivity contribution in [1.29, 1.82) is 0 Å². The zero-order valence-corrected chi connectivity index (χ0v) is 6.98. The molecule has 0 fully saturated rings. The van der Waals surface area contributed by atoms with E-state index in [1.807, 2.05) is 0 Å². The van der Waals surface area contributed by atoms with Crippen LogP contribution >= 0.6 is 0 Å². The molecule has 0 heteroatoms. The van der Waals surface area contributed by atoms with Crippen LogP contribution in [-0.2, 0) is 0 Å². The van der Waals surface area contributed by atoms with Gasteiger partial charge in [0.25, 0.3) is 0 Å². The highest BCUT2D eigenvalue weighted by Crippen LogP contribution is 2.20. The van der Waals surface area contributed by atoms with Crippen LogP contribution in [0.5, 0.6) is 0 Å². The summed E-state index contributed by atoms with van der Waals surface area (Å²) in [6.45, 7) is 4.39. The lowest BCUT2D eigenvalue weighted by Gasteiger charge is -1.67. The van der Waals surface area contributed by atoms with Crippen molar-refractivity contribution in [3.05, 3.63) is 23.3 Å². The Bertz CT molecular complexity index is 141. The fraction of sp³-hybridized carbons (Fsp3) is 0.600. The SMILES string of the molecule is CCC1=CC1.CCC1=CC1. The molecule has 2 rings (SSSR count). The molecule has 10 heavy (non-hydrogen) atoms. The molecule has 0 saturated heterocycles. The molecule has 56 valence electrons. The van der Waals surface area contributed by atoms with Gasteiger partial charge in [-0.3, -0.25) is 0 Å². The van der Waals surface area contributed by atoms with Gasteiger partial charge in [-0.25, -0.2) is 0 Å². The quantitative estimate of drug-likeness (QED) is 0.510. The molecule has 0 amide bonds. The summed E-state index contributed by atoms with van der Waals surface area (Å²) in [4.78, 5) is 0. The van der Waals surface area contributed by atoms with Crippen molar-refractivity contribution in [2.75, 3.05) is 0 Å². The molecule has 0 spiro atoms. The molecule has 0 radical (unpaired) electrons. The monoisotopic (exact) mass is 136 g/mol. The third kappa shape index (κ3) is 3.49. The molecule has 0 aromatic carbocycles. The number of allylic oxidation sites excluding steroid dienone is 4. The minimum absolute atomic E-state index is 1.28. The molecule has 0 bridgehead atoms. The average Bonchev–Trinajstić information content (AvgIpc) is 2.86. The Morgan fingerprint density at radius 1 is 1.00 bits per heavy atom. The van der Waals surface area contributed by atoms with Crippen LogP contribution in [0.2, 0.25) is 0 Å². The molecule has 0 nitrogen and oxygen atoms in total. The third-order valence-electron chi connectivity index (χ3n) is 1.89. The maximum atomic E-state index is 2.26.